The Kier molecular flexibility index (Phi) is 1.94. The fraction of sp³-hybridized carbons (Fsp3) is 0. The van der Waals surface area contributed by atoms with Crippen molar-refractivity contribution in [2.75, 3.05) is 0 Å². The van der Waals surface area contributed by atoms with E-state index in [1.165, 1.54) is 6.20 Å². The van der Waals surface area contributed by atoms with E-state index in [-0.39, 0.29) is 11.0 Å². The molecule has 0 aliphatic heterocycles. The molecule has 1 N–H and O–H groups in total. The minimum atomic E-state index is 0.126. The molecule has 0 spiro atoms. The summed E-state index contributed by atoms with van der Waals surface area (Å²) in [5.41, 5.74) is 0.536. The van der Waals surface area contributed by atoms with E-state index in [4.69, 9.17) is 16.0 Å². The van der Waals surface area contributed by atoms with E-state index < -0.39 is 0 Å². The van der Waals surface area contributed by atoms with E-state index in [1.807, 2.05) is 0 Å². The largest absolute Gasteiger partial charge is 0.507 e. The molecular weight excluding hydrogens is 190 g/mol. The topological polar surface area (TPSA) is 46.3 Å². The second-order valence-electron chi connectivity index (χ2n) is 2.49. The molecule has 1 aromatic carbocycles. The van der Waals surface area contributed by atoms with Crippen LogP contribution in [0.4, 0.5) is 0 Å². The number of hydrogen-bond donors (Lipinski definition) is 1. The molecule has 0 aliphatic carbocycles. The number of halogens is 1. The normalized spacial score (nSPS) is 10.2. The molecule has 0 fully saturated rings. The SMILES string of the molecule is Oc1ccccc1-c1ncc(Cl)o1. The second-order valence-corrected chi connectivity index (χ2v) is 2.86. The first-order chi connectivity index (χ1) is 6.27. The fourth-order valence-electron chi connectivity index (χ4n) is 1.03. The van der Waals surface area contributed by atoms with Gasteiger partial charge in [-0.3, -0.25) is 0 Å². The van der Waals surface area contributed by atoms with E-state index >= 15 is 0 Å². The van der Waals surface area contributed by atoms with Crippen LogP contribution in [0.25, 0.3) is 11.5 Å². The van der Waals surface area contributed by atoms with Gasteiger partial charge in [0.2, 0.25) is 11.1 Å². The number of oxazole rings is 1. The number of rotatable bonds is 1. The van der Waals surface area contributed by atoms with Crippen LogP contribution in [0.15, 0.2) is 34.9 Å². The van der Waals surface area contributed by atoms with Crippen LogP contribution in [-0.2, 0) is 0 Å². The maximum Gasteiger partial charge on any atom is 0.231 e. The average molecular weight is 196 g/mol. The average Bonchev–Trinajstić information content (AvgIpc) is 2.53. The van der Waals surface area contributed by atoms with Gasteiger partial charge in [0.1, 0.15) is 5.75 Å². The predicted octanol–water partition coefficient (Wildman–Crippen LogP) is 2.70. The van der Waals surface area contributed by atoms with Crippen LogP contribution in [0.2, 0.25) is 5.22 Å². The first-order valence-electron chi connectivity index (χ1n) is 3.67. The molecule has 0 amide bonds. The summed E-state index contributed by atoms with van der Waals surface area (Å²) in [6.45, 7) is 0. The van der Waals surface area contributed by atoms with Crippen molar-refractivity contribution >= 4 is 11.6 Å². The summed E-state index contributed by atoms with van der Waals surface area (Å²) >= 11 is 5.55. The first-order valence-corrected chi connectivity index (χ1v) is 4.05. The summed E-state index contributed by atoms with van der Waals surface area (Å²) in [6.07, 6.45) is 1.39. The standard InChI is InChI=1S/C9H6ClNO2/c10-8-5-11-9(13-8)6-3-1-2-4-7(6)12/h1-5,12H. The van der Waals surface area contributed by atoms with Gasteiger partial charge in [0.25, 0.3) is 0 Å². The van der Waals surface area contributed by atoms with Crippen molar-refractivity contribution < 1.29 is 9.52 Å². The molecule has 4 heteroatoms. The van der Waals surface area contributed by atoms with Gasteiger partial charge in [-0.15, -0.1) is 0 Å². The van der Waals surface area contributed by atoms with Gasteiger partial charge in [-0.2, -0.15) is 0 Å². The lowest BCUT2D eigenvalue weighted by molar-refractivity contribution is 0.473. The van der Waals surface area contributed by atoms with Crippen LogP contribution in [-0.4, -0.2) is 10.1 Å². The molecule has 0 unspecified atom stereocenters. The molecule has 1 heterocycles. The summed E-state index contributed by atoms with van der Waals surface area (Å²) in [4.78, 5) is 3.89. The summed E-state index contributed by atoms with van der Waals surface area (Å²) < 4.78 is 5.04. The van der Waals surface area contributed by atoms with Crippen molar-refractivity contribution in [3.05, 3.63) is 35.7 Å². The Morgan fingerprint density at radius 1 is 1.31 bits per heavy atom. The fourth-order valence-corrected chi connectivity index (χ4v) is 1.16. The maximum absolute atomic E-state index is 9.43. The van der Waals surface area contributed by atoms with Crippen LogP contribution in [0.3, 0.4) is 0 Å². The molecule has 66 valence electrons. The third kappa shape index (κ3) is 1.51. The number of phenolic OH excluding ortho intramolecular Hbond substituents is 1. The highest BCUT2D eigenvalue weighted by molar-refractivity contribution is 6.28. The zero-order valence-electron chi connectivity index (χ0n) is 6.57. The number of nitrogens with zero attached hydrogens (tertiary/aromatic N) is 1. The Morgan fingerprint density at radius 2 is 2.08 bits per heavy atom. The molecule has 3 nitrogen and oxygen atoms in total. The van der Waals surface area contributed by atoms with Crippen LogP contribution in [0, 0.1) is 0 Å². The summed E-state index contributed by atoms with van der Waals surface area (Å²) in [5.74, 6) is 0.448. The lowest BCUT2D eigenvalue weighted by Crippen LogP contribution is -1.76. The van der Waals surface area contributed by atoms with Crippen LogP contribution in [0.1, 0.15) is 0 Å². The molecule has 2 rings (SSSR count). The highest BCUT2D eigenvalue weighted by atomic mass is 35.5. The van der Waals surface area contributed by atoms with E-state index in [9.17, 15) is 5.11 Å². The molecule has 0 bridgehead atoms. The number of phenols is 1. The minimum Gasteiger partial charge on any atom is -0.507 e. The van der Waals surface area contributed by atoms with E-state index in [0.29, 0.717) is 11.5 Å². The van der Waals surface area contributed by atoms with E-state index in [2.05, 4.69) is 4.98 Å². The Labute approximate surface area is 79.6 Å². The van der Waals surface area contributed by atoms with Crippen molar-refractivity contribution in [3.63, 3.8) is 0 Å². The van der Waals surface area contributed by atoms with Gasteiger partial charge < -0.3 is 9.52 Å². The zero-order valence-corrected chi connectivity index (χ0v) is 7.32. The van der Waals surface area contributed by atoms with Gasteiger partial charge in [-0.25, -0.2) is 4.98 Å². The molecule has 0 saturated carbocycles. The van der Waals surface area contributed by atoms with Crippen LogP contribution < -0.4 is 0 Å². The quantitative estimate of drug-likeness (QED) is 0.761. The van der Waals surface area contributed by atoms with Crippen molar-refractivity contribution in [3.8, 4) is 17.2 Å². The van der Waals surface area contributed by atoms with E-state index in [1.54, 1.807) is 24.3 Å². The third-order valence-corrected chi connectivity index (χ3v) is 1.79. The number of aromatic hydroxyl groups is 1. The monoisotopic (exact) mass is 195 g/mol. The van der Waals surface area contributed by atoms with Gasteiger partial charge in [-0.1, -0.05) is 12.1 Å². The van der Waals surface area contributed by atoms with Crippen molar-refractivity contribution in [1.29, 1.82) is 0 Å². The molecule has 2 aromatic rings. The second kappa shape index (κ2) is 3.11. The van der Waals surface area contributed by atoms with Crippen LogP contribution >= 0.6 is 11.6 Å². The Morgan fingerprint density at radius 3 is 2.69 bits per heavy atom. The van der Waals surface area contributed by atoms with Gasteiger partial charge >= 0.3 is 0 Å². The smallest absolute Gasteiger partial charge is 0.231 e. The van der Waals surface area contributed by atoms with Gasteiger partial charge in [0.05, 0.1) is 11.8 Å². The molecule has 0 atom stereocenters. The number of aromatic nitrogens is 1. The molecule has 0 saturated heterocycles. The summed E-state index contributed by atoms with van der Waals surface area (Å²) in [6, 6.07) is 6.78. The molecule has 0 radical (unpaired) electrons. The van der Waals surface area contributed by atoms with Crippen LogP contribution in [0.5, 0.6) is 5.75 Å². The molecule has 13 heavy (non-hydrogen) atoms. The van der Waals surface area contributed by atoms with Gasteiger partial charge in [0, 0.05) is 0 Å². The molecule has 1 aromatic heterocycles. The highest BCUT2D eigenvalue weighted by Crippen LogP contribution is 2.28. The number of benzene rings is 1. The van der Waals surface area contributed by atoms with Gasteiger partial charge in [0.15, 0.2) is 0 Å². The third-order valence-electron chi connectivity index (χ3n) is 1.61. The first kappa shape index (κ1) is 8.13. The summed E-state index contributed by atoms with van der Waals surface area (Å²) in [7, 11) is 0. The lowest BCUT2D eigenvalue weighted by atomic mass is 10.2. The van der Waals surface area contributed by atoms with Crippen molar-refractivity contribution in [2.45, 2.75) is 0 Å². The zero-order chi connectivity index (χ0) is 9.26. The Hall–Kier alpha value is -1.48. The summed E-state index contributed by atoms with van der Waals surface area (Å²) in [5, 5.41) is 9.64. The van der Waals surface area contributed by atoms with Crippen molar-refractivity contribution in [1.82, 2.24) is 4.98 Å². The molecule has 0 aliphatic rings. The molecular formula is C9H6ClNO2. The highest BCUT2D eigenvalue weighted by Gasteiger charge is 2.08. The Balaban J connectivity index is 2.52. The van der Waals surface area contributed by atoms with Gasteiger partial charge in [-0.05, 0) is 23.7 Å². The number of para-hydroxylation sites is 1. The maximum atomic E-state index is 9.43. The number of hydrogen-bond acceptors (Lipinski definition) is 3. The Bertz CT molecular complexity index is 425. The van der Waals surface area contributed by atoms with Crippen molar-refractivity contribution in [2.24, 2.45) is 0 Å². The minimum absolute atomic E-state index is 0.126. The van der Waals surface area contributed by atoms with E-state index in [0.717, 1.165) is 0 Å². The lowest BCUT2D eigenvalue weighted by Gasteiger charge is -1.97. The predicted molar refractivity (Wildman–Crippen MR) is 48.6 cm³/mol.